The Morgan fingerprint density at radius 1 is 1.13 bits per heavy atom. The monoisotopic (exact) mass is 346 g/mol. The zero-order valence-electron chi connectivity index (χ0n) is 7.74. The standard InChI is InChI=1S/C11H8Br2OS/c12-9-1-3-10(4-2-9)15-7-8-5-11(13)14-6-8/h1-6H,7H2. The highest BCUT2D eigenvalue weighted by molar-refractivity contribution is 9.10. The van der Waals surface area contributed by atoms with Crippen molar-refractivity contribution in [3.63, 3.8) is 0 Å². The first kappa shape index (κ1) is 11.3. The molecule has 0 N–H and O–H groups in total. The van der Waals surface area contributed by atoms with E-state index in [0.29, 0.717) is 0 Å². The lowest BCUT2D eigenvalue weighted by Crippen LogP contribution is -1.75. The summed E-state index contributed by atoms with van der Waals surface area (Å²) in [5, 5.41) is 0. The second-order valence-electron chi connectivity index (χ2n) is 3.00. The van der Waals surface area contributed by atoms with E-state index in [9.17, 15) is 0 Å². The summed E-state index contributed by atoms with van der Waals surface area (Å²) in [4.78, 5) is 1.26. The molecule has 2 rings (SSSR count). The Morgan fingerprint density at radius 3 is 2.47 bits per heavy atom. The molecule has 2 aromatic rings. The van der Waals surface area contributed by atoms with Crippen molar-refractivity contribution in [2.24, 2.45) is 0 Å². The third-order valence-corrected chi connectivity index (χ3v) is 3.87. The quantitative estimate of drug-likeness (QED) is 0.717. The van der Waals surface area contributed by atoms with Crippen LogP contribution in [0, 0.1) is 0 Å². The summed E-state index contributed by atoms with van der Waals surface area (Å²) in [6.45, 7) is 0. The van der Waals surface area contributed by atoms with E-state index in [4.69, 9.17) is 4.42 Å². The van der Waals surface area contributed by atoms with Crippen LogP contribution in [0.2, 0.25) is 0 Å². The summed E-state index contributed by atoms with van der Waals surface area (Å²) in [5.41, 5.74) is 1.19. The molecule has 0 aliphatic carbocycles. The normalized spacial score (nSPS) is 10.5. The van der Waals surface area contributed by atoms with Crippen LogP contribution in [0.5, 0.6) is 0 Å². The number of furan rings is 1. The van der Waals surface area contributed by atoms with Gasteiger partial charge in [0.2, 0.25) is 0 Å². The van der Waals surface area contributed by atoms with E-state index < -0.39 is 0 Å². The van der Waals surface area contributed by atoms with E-state index in [0.717, 1.165) is 14.9 Å². The Kier molecular flexibility index (Phi) is 3.94. The maximum Gasteiger partial charge on any atom is 0.169 e. The minimum absolute atomic E-state index is 0.786. The van der Waals surface area contributed by atoms with Gasteiger partial charge in [-0.1, -0.05) is 15.9 Å². The highest BCUT2D eigenvalue weighted by atomic mass is 79.9. The van der Waals surface area contributed by atoms with Gasteiger partial charge in [0.1, 0.15) is 0 Å². The molecule has 0 aliphatic rings. The van der Waals surface area contributed by atoms with Crippen LogP contribution in [0.1, 0.15) is 5.56 Å². The zero-order valence-corrected chi connectivity index (χ0v) is 11.7. The number of hydrogen-bond acceptors (Lipinski definition) is 2. The van der Waals surface area contributed by atoms with Gasteiger partial charge < -0.3 is 4.42 Å². The van der Waals surface area contributed by atoms with Crippen LogP contribution in [0.4, 0.5) is 0 Å². The number of thioether (sulfide) groups is 1. The summed E-state index contributed by atoms with van der Waals surface area (Å²) in [6, 6.07) is 10.3. The predicted octanol–water partition coefficient (Wildman–Crippen LogP) is 5.10. The summed E-state index contributed by atoms with van der Waals surface area (Å²) in [7, 11) is 0. The fraction of sp³-hybridized carbons (Fsp3) is 0.0909. The van der Waals surface area contributed by atoms with E-state index in [1.807, 2.05) is 18.2 Å². The molecule has 1 heterocycles. The van der Waals surface area contributed by atoms with Crippen LogP contribution in [-0.2, 0) is 5.75 Å². The average molecular weight is 348 g/mol. The molecule has 1 aromatic heterocycles. The first-order valence-corrected chi connectivity index (χ1v) is 6.92. The number of rotatable bonds is 3. The predicted molar refractivity (Wildman–Crippen MR) is 70.1 cm³/mol. The molecule has 0 saturated heterocycles. The Balaban J connectivity index is 1.96. The molecule has 0 fully saturated rings. The van der Waals surface area contributed by atoms with E-state index >= 15 is 0 Å². The van der Waals surface area contributed by atoms with Gasteiger partial charge >= 0.3 is 0 Å². The first-order valence-electron chi connectivity index (χ1n) is 4.35. The molecule has 0 amide bonds. The molecule has 1 aromatic carbocycles. The lowest BCUT2D eigenvalue weighted by Gasteiger charge is -1.99. The Morgan fingerprint density at radius 2 is 1.87 bits per heavy atom. The van der Waals surface area contributed by atoms with Gasteiger partial charge in [0.25, 0.3) is 0 Å². The molecule has 0 atom stereocenters. The Hall–Kier alpha value is -0.190. The van der Waals surface area contributed by atoms with Crippen LogP contribution in [0.3, 0.4) is 0 Å². The first-order chi connectivity index (χ1) is 7.24. The van der Waals surface area contributed by atoms with E-state index in [1.54, 1.807) is 18.0 Å². The van der Waals surface area contributed by atoms with E-state index in [-0.39, 0.29) is 0 Å². The molecule has 0 radical (unpaired) electrons. The second kappa shape index (κ2) is 5.23. The largest absolute Gasteiger partial charge is 0.457 e. The summed E-state index contributed by atoms with van der Waals surface area (Å²) < 4.78 is 7.06. The maximum absolute atomic E-state index is 5.17. The highest BCUT2D eigenvalue weighted by Crippen LogP contribution is 2.26. The molecule has 4 heteroatoms. The van der Waals surface area contributed by atoms with Gasteiger partial charge in [-0.2, -0.15) is 0 Å². The SMILES string of the molecule is Brc1ccc(SCc2coc(Br)c2)cc1. The van der Waals surface area contributed by atoms with Gasteiger partial charge in [-0.3, -0.25) is 0 Å². The smallest absolute Gasteiger partial charge is 0.169 e. The van der Waals surface area contributed by atoms with Gasteiger partial charge in [-0.15, -0.1) is 11.8 Å². The molecule has 0 saturated carbocycles. The lowest BCUT2D eigenvalue weighted by atomic mass is 10.4. The van der Waals surface area contributed by atoms with Crippen molar-refractivity contribution in [1.29, 1.82) is 0 Å². The molecule has 0 aliphatic heterocycles. The number of halogens is 2. The minimum atomic E-state index is 0.786. The fourth-order valence-corrected chi connectivity index (χ4v) is 2.58. The van der Waals surface area contributed by atoms with Crippen molar-refractivity contribution in [3.8, 4) is 0 Å². The summed E-state index contributed by atoms with van der Waals surface area (Å²) >= 11 is 8.49. The third-order valence-electron chi connectivity index (χ3n) is 1.84. The summed E-state index contributed by atoms with van der Waals surface area (Å²) in [5.74, 6) is 0.927. The number of benzene rings is 1. The van der Waals surface area contributed by atoms with Gasteiger partial charge in [0.15, 0.2) is 4.67 Å². The molecular weight excluding hydrogens is 340 g/mol. The zero-order chi connectivity index (χ0) is 10.7. The van der Waals surface area contributed by atoms with E-state index in [2.05, 4.69) is 44.0 Å². The van der Waals surface area contributed by atoms with Gasteiger partial charge in [-0.05, 0) is 46.3 Å². The second-order valence-corrected chi connectivity index (χ2v) is 5.75. The van der Waals surface area contributed by atoms with Crippen LogP contribution >= 0.6 is 43.6 Å². The highest BCUT2D eigenvalue weighted by Gasteiger charge is 2.00. The maximum atomic E-state index is 5.17. The molecule has 78 valence electrons. The molecule has 0 bridgehead atoms. The van der Waals surface area contributed by atoms with Crippen LogP contribution in [0.25, 0.3) is 0 Å². The minimum Gasteiger partial charge on any atom is -0.457 e. The third kappa shape index (κ3) is 3.40. The van der Waals surface area contributed by atoms with Crippen molar-refractivity contribution in [3.05, 3.63) is 51.3 Å². The molecule has 15 heavy (non-hydrogen) atoms. The fourth-order valence-electron chi connectivity index (χ4n) is 1.12. The van der Waals surface area contributed by atoms with Crippen LogP contribution in [-0.4, -0.2) is 0 Å². The van der Waals surface area contributed by atoms with Crippen molar-refractivity contribution >= 4 is 43.6 Å². The van der Waals surface area contributed by atoms with Crippen molar-refractivity contribution in [1.82, 2.24) is 0 Å². The topological polar surface area (TPSA) is 13.1 Å². The van der Waals surface area contributed by atoms with Crippen molar-refractivity contribution in [2.45, 2.75) is 10.6 Å². The molecule has 0 unspecified atom stereocenters. The van der Waals surface area contributed by atoms with Gasteiger partial charge in [0, 0.05) is 20.7 Å². The van der Waals surface area contributed by atoms with Crippen LogP contribution in [0.15, 0.2) is 55.0 Å². The Bertz CT molecular complexity index is 436. The average Bonchev–Trinajstić information content (AvgIpc) is 2.64. The van der Waals surface area contributed by atoms with Crippen molar-refractivity contribution < 1.29 is 4.42 Å². The molecule has 1 nitrogen and oxygen atoms in total. The van der Waals surface area contributed by atoms with Gasteiger partial charge in [-0.25, -0.2) is 0 Å². The van der Waals surface area contributed by atoms with Crippen LogP contribution < -0.4 is 0 Å². The number of hydrogen-bond donors (Lipinski definition) is 0. The van der Waals surface area contributed by atoms with Crippen molar-refractivity contribution in [2.75, 3.05) is 0 Å². The van der Waals surface area contributed by atoms with E-state index in [1.165, 1.54) is 10.5 Å². The molecule has 0 spiro atoms. The summed E-state index contributed by atoms with van der Waals surface area (Å²) in [6.07, 6.45) is 1.77. The molecular formula is C11H8Br2OS. The Labute approximate surface area is 110 Å². The lowest BCUT2D eigenvalue weighted by molar-refractivity contribution is 0.539. The van der Waals surface area contributed by atoms with Gasteiger partial charge in [0.05, 0.1) is 6.26 Å².